The summed E-state index contributed by atoms with van der Waals surface area (Å²) in [6.45, 7) is 1.92. The lowest BCUT2D eigenvalue weighted by molar-refractivity contribution is 0.262. The lowest BCUT2D eigenvalue weighted by Gasteiger charge is -2.05. The third-order valence-corrected chi connectivity index (χ3v) is 2.50. The van der Waals surface area contributed by atoms with Crippen LogP contribution in [0, 0.1) is 0 Å². The number of hydrogen-bond acceptors (Lipinski definition) is 5. The van der Waals surface area contributed by atoms with Crippen molar-refractivity contribution in [1.82, 2.24) is 15.1 Å². The van der Waals surface area contributed by atoms with Gasteiger partial charge in [0, 0.05) is 0 Å². The number of carbonyl (C=O) groups is 1. The highest BCUT2D eigenvalue weighted by Crippen LogP contribution is 2.14. The third-order valence-electron chi connectivity index (χ3n) is 2.09. The minimum Gasteiger partial charge on any atom is -0.362 e. The number of anilines is 2. The fourth-order valence-corrected chi connectivity index (χ4v) is 1.47. The quantitative estimate of drug-likeness (QED) is 0.908. The monoisotopic (exact) mass is 311 g/mol. The number of aromatic nitrogens is 3. The topological polar surface area (TPSA) is 92.9 Å². The van der Waals surface area contributed by atoms with Crippen LogP contribution in [0.25, 0.3) is 0 Å². The molecule has 0 atom stereocenters. The van der Waals surface area contributed by atoms with Gasteiger partial charge in [0.25, 0.3) is 0 Å². The summed E-state index contributed by atoms with van der Waals surface area (Å²) in [5.41, 5.74) is 1.23. The van der Waals surface area contributed by atoms with Crippen LogP contribution in [0.4, 0.5) is 16.3 Å². The van der Waals surface area contributed by atoms with Crippen molar-refractivity contribution in [3.63, 3.8) is 0 Å². The van der Waals surface area contributed by atoms with Crippen LogP contribution in [0.2, 0.25) is 0 Å². The van der Waals surface area contributed by atoms with Gasteiger partial charge < -0.3 is 9.84 Å². The van der Waals surface area contributed by atoms with Crippen molar-refractivity contribution >= 4 is 33.5 Å². The van der Waals surface area contributed by atoms with E-state index in [0.717, 1.165) is 0 Å². The average molecular weight is 312 g/mol. The van der Waals surface area contributed by atoms with Crippen LogP contribution in [0.3, 0.4) is 0 Å². The van der Waals surface area contributed by atoms with Gasteiger partial charge in [0.15, 0.2) is 5.82 Å². The van der Waals surface area contributed by atoms with Gasteiger partial charge in [-0.15, -0.1) is 0 Å². The molecule has 2 amide bonds. The molecule has 0 aromatic carbocycles. The van der Waals surface area contributed by atoms with E-state index >= 15 is 0 Å². The molecule has 0 saturated carbocycles. The standard InChI is InChI=1S/C10H10BrN5O2/c1-2-6-7(5-18-16-6)14-10(17)15-9-4-12-8(11)3-13-9/h3-5H,2H2,1H3,(H2,13,14,15,17). The Morgan fingerprint density at radius 1 is 1.39 bits per heavy atom. The summed E-state index contributed by atoms with van der Waals surface area (Å²) in [6.07, 6.45) is 4.99. The normalized spacial score (nSPS) is 10.1. The number of nitrogens with zero attached hydrogens (tertiary/aromatic N) is 3. The Balaban J connectivity index is 1.99. The van der Waals surface area contributed by atoms with E-state index in [1.807, 2.05) is 6.92 Å². The Labute approximate surface area is 111 Å². The van der Waals surface area contributed by atoms with Gasteiger partial charge in [0.2, 0.25) is 0 Å². The average Bonchev–Trinajstić information content (AvgIpc) is 2.79. The molecular weight excluding hydrogens is 302 g/mol. The summed E-state index contributed by atoms with van der Waals surface area (Å²) in [7, 11) is 0. The van der Waals surface area contributed by atoms with E-state index in [1.54, 1.807) is 0 Å². The minimum atomic E-state index is -0.426. The molecule has 0 aliphatic heterocycles. The summed E-state index contributed by atoms with van der Waals surface area (Å²) in [5, 5.41) is 8.92. The number of hydrogen-bond donors (Lipinski definition) is 2. The van der Waals surface area contributed by atoms with Gasteiger partial charge in [0.05, 0.1) is 12.4 Å². The fourth-order valence-electron chi connectivity index (χ4n) is 1.26. The van der Waals surface area contributed by atoms with E-state index in [1.165, 1.54) is 18.7 Å². The van der Waals surface area contributed by atoms with E-state index in [0.29, 0.717) is 28.2 Å². The van der Waals surface area contributed by atoms with E-state index in [-0.39, 0.29) is 0 Å². The zero-order valence-electron chi connectivity index (χ0n) is 9.48. The first kappa shape index (κ1) is 12.5. The number of halogens is 1. The number of amides is 2. The van der Waals surface area contributed by atoms with E-state index in [9.17, 15) is 4.79 Å². The molecule has 0 fully saturated rings. The Bertz CT molecular complexity index is 539. The van der Waals surface area contributed by atoms with E-state index < -0.39 is 6.03 Å². The molecule has 0 unspecified atom stereocenters. The van der Waals surface area contributed by atoms with Crippen LogP contribution in [0.15, 0.2) is 27.8 Å². The van der Waals surface area contributed by atoms with Crippen LogP contribution < -0.4 is 10.6 Å². The third kappa shape index (κ3) is 3.04. The lowest BCUT2D eigenvalue weighted by atomic mass is 10.3. The van der Waals surface area contributed by atoms with Gasteiger partial charge in [-0.1, -0.05) is 12.1 Å². The lowest BCUT2D eigenvalue weighted by Crippen LogP contribution is -2.20. The highest BCUT2D eigenvalue weighted by Gasteiger charge is 2.10. The Morgan fingerprint density at radius 2 is 2.22 bits per heavy atom. The second-order valence-electron chi connectivity index (χ2n) is 3.33. The smallest absolute Gasteiger partial charge is 0.325 e. The molecule has 2 N–H and O–H groups in total. The molecule has 0 aliphatic carbocycles. The van der Waals surface area contributed by atoms with E-state index in [2.05, 4.69) is 41.7 Å². The van der Waals surface area contributed by atoms with Crippen LogP contribution >= 0.6 is 15.9 Å². The zero-order valence-corrected chi connectivity index (χ0v) is 11.1. The fraction of sp³-hybridized carbons (Fsp3) is 0.200. The Morgan fingerprint density at radius 3 is 2.89 bits per heavy atom. The number of urea groups is 1. The van der Waals surface area contributed by atoms with Crippen LogP contribution in [-0.4, -0.2) is 21.2 Å². The molecule has 0 spiro atoms. The first-order valence-corrected chi connectivity index (χ1v) is 5.97. The summed E-state index contributed by atoms with van der Waals surface area (Å²) >= 11 is 3.16. The van der Waals surface area contributed by atoms with Gasteiger partial charge >= 0.3 is 6.03 Å². The van der Waals surface area contributed by atoms with Gasteiger partial charge in [-0.3, -0.25) is 5.32 Å². The number of rotatable bonds is 3. The summed E-state index contributed by atoms with van der Waals surface area (Å²) in [4.78, 5) is 19.6. The number of aryl methyl sites for hydroxylation is 1. The number of carbonyl (C=O) groups excluding carboxylic acids is 1. The van der Waals surface area contributed by atoms with Gasteiger partial charge in [-0.05, 0) is 22.4 Å². The molecule has 0 radical (unpaired) electrons. The molecule has 7 nitrogen and oxygen atoms in total. The SMILES string of the molecule is CCc1nocc1NC(=O)Nc1cnc(Br)cn1. The van der Waals surface area contributed by atoms with Crippen LogP contribution in [-0.2, 0) is 6.42 Å². The minimum absolute atomic E-state index is 0.352. The molecule has 8 heteroatoms. The predicted octanol–water partition coefficient (Wildman–Crippen LogP) is 2.43. The Kier molecular flexibility index (Phi) is 3.88. The molecule has 18 heavy (non-hydrogen) atoms. The van der Waals surface area contributed by atoms with Crippen LogP contribution in [0.5, 0.6) is 0 Å². The number of nitrogens with one attached hydrogen (secondary N) is 2. The summed E-state index contributed by atoms with van der Waals surface area (Å²) in [5.74, 6) is 0.352. The molecule has 0 aliphatic rings. The van der Waals surface area contributed by atoms with Crippen molar-refractivity contribution in [1.29, 1.82) is 0 Å². The molecule has 2 heterocycles. The molecule has 94 valence electrons. The molecule has 2 aromatic heterocycles. The van der Waals surface area contributed by atoms with Gasteiger partial charge in [-0.25, -0.2) is 14.8 Å². The van der Waals surface area contributed by atoms with Crippen molar-refractivity contribution < 1.29 is 9.32 Å². The maximum Gasteiger partial charge on any atom is 0.325 e. The highest BCUT2D eigenvalue weighted by atomic mass is 79.9. The van der Waals surface area contributed by atoms with Gasteiger partial charge in [-0.2, -0.15) is 0 Å². The molecule has 0 saturated heterocycles. The summed E-state index contributed by atoms with van der Waals surface area (Å²) < 4.78 is 5.37. The molecule has 2 aromatic rings. The molecule has 2 rings (SSSR count). The molecule has 0 bridgehead atoms. The van der Waals surface area contributed by atoms with Crippen molar-refractivity contribution in [3.8, 4) is 0 Å². The van der Waals surface area contributed by atoms with E-state index in [4.69, 9.17) is 4.52 Å². The summed E-state index contributed by atoms with van der Waals surface area (Å²) in [6, 6.07) is -0.426. The second kappa shape index (κ2) is 5.58. The van der Waals surface area contributed by atoms with Crippen molar-refractivity contribution in [2.45, 2.75) is 13.3 Å². The maximum atomic E-state index is 11.7. The van der Waals surface area contributed by atoms with Gasteiger partial charge in [0.1, 0.15) is 22.2 Å². The van der Waals surface area contributed by atoms with Crippen LogP contribution in [0.1, 0.15) is 12.6 Å². The predicted molar refractivity (Wildman–Crippen MR) is 68.3 cm³/mol. The van der Waals surface area contributed by atoms with Crippen molar-refractivity contribution in [2.75, 3.05) is 10.6 Å². The second-order valence-corrected chi connectivity index (χ2v) is 4.14. The largest absolute Gasteiger partial charge is 0.362 e. The maximum absolute atomic E-state index is 11.7. The highest BCUT2D eigenvalue weighted by molar-refractivity contribution is 9.10. The zero-order chi connectivity index (χ0) is 13.0. The first-order valence-electron chi connectivity index (χ1n) is 5.18. The Hall–Kier alpha value is -1.96. The van der Waals surface area contributed by atoms with Crippen molar-refractivity contribution in [3.05, 3.63) is 29.0 Å². The first-order chi connectivity index (χ1) is 8.69. The molecular formula is C10H10BrN5O2. The van der Waals surface area contributed by atoms with Crippen molar-refractivity contribution in [2.24, 2.45) is 0 Å².